The number of carbonyl (C=O) groups is 2. The van der Waals surface area contributed by atoms with Gasteiger partial charge in [0, 0.05) is 18.2 Å². The van der Waals surface area contributed by atoms with Crippen LogP contribution in [0.3, 0.4) is 0 Å². The van der Waals surface area contributed by atoms with Crippen molar-refractivity contribution in [1.29, 1.82) is 0 Å². The minimum atomic E-state index is -0.503. The Morgan fingerprint density at radius 1 is 1.18 bits per heavy atom. The van der Waals surface area contributed by atoms with Crippen LogP contribution in [0.5, 0.6) is 5.75 Å². The van der Waals surface area contributed by atoms with Gasteiger partial charge in [-0.1, -0.05) is 12.1 Å². The average molecular weight is 301 g/mol. The molecule has 0 aliphatic carbocycles. The molecule has 0 fully saturated rings. The van der Waals surface area contributed by atoms with E-state index in [-0.39, 0.29) is 18.2 Å². The van der Waals surface area contributed by atoms with E-state index in [0.717, 1.165) is 11.3 Å². The van der Waals surface area contributed by atoms with Gasteiger partial charge in [-0.3, -0.25) is 9.36 Å². The number of hydrogen-bond donors (Lipinski definition) is 0. The van der Waals surface area contributed by atoms with Crippen LogP contribution >= 0.6 is 0 Å². The van der Waals surface area contributed by atoms with Crippen LogP contribution in [-0.2, 0) is 4.74 Å². The second-order valence-electron chi connectivity index (χ2n) is 4.85. The van der Waals surface area contributed by atoms with Crippen LogP contribution in [0.15, 0.2) is 30.3 Å². The van der Waals surface area contributed by atoms with Crippen molar-refractivity contribution in [3.05, 3.63) is 41.7 Å². The number of benzene rings is 1. The Hall–Kier alpha value is -2.56. The fraction of sp³-hybridized carbons (Fsp3) is 0.294. The summed E-state index contributed by atoms with van der Waals surface area (Å²) in [5, 5.41) is 0. The summed E-state index contributed by atoms with van der Waals surface area (Å²) >= 11 is 0. The SMILES string of the molecule is CCOC(=O)c1c(-c2ccc(OC)cc2)cc(C)n1C(C)=O. The van der Waals surface area contributed by atoms with Crippen LogP contribution in [0.2, 0.25) is 0 Å². The predicted octanol–water partition coefficient (Wildman–Crippen LogP) is 3.31. The minimum Gasteiger partial charge on any atom is -0.497 e. The van der Waals surface area contributed by atoms with Gasteiger partial charge in [0.05, 0.1) is 13.7 Å². The second-order valence-corrected chi connectivity index (χ2v) is 4.85. The molecule has 0 bridgehead atoms. The van der Waals surface area contributed by atoms with Gasteiger partial charge in [0.1, 0.15) is 11.4 Å². The molecule has 0 saturated heterocycles. The maximum atomic E-state index is 12.3. The molecule has 0 radical (unpaired) electrons. The minimum absolute atomic E-state index is 0.222. The third kappa shape index (κ3) is 2.88. The zero-order chi connectivity index (χ0) is 16.3. The Bertz CT molecular complexity index is 698. The van der Waals surface area contributed by atoms with E-state index in [1.807, 2.05) is 30.3 Å². The number of hydrogen-bond acceptors (Lipinski definition) is 4. The normalized spacial score (nSPS) is 10.4. The van der Waals surface area contributed by atoms with Crippen LogP contribution in [0.4, 0.5) is 0 Å². The summed E-state index contributed by atoms with van der Waals surface area (Å²) in [6, 6.07) is 9.13. The Balaban J connectivity index is 2.61. The molecule has 0 aliphatic heterocycles. The third-order valence-corrected chi connectivity index (χ3v) is 3.37. The first-order chi connectivity index (χ1) is 10.5. The van der Waals surface area contributed by atoms with Crippen LogP contribution in [0.1, 0.15) is 34.8 Å². The molecule has 1 heterocycles. The van der Waals surface area contributed by atoms with Gasteiger partial charge in [-0.25, -0.2) is 4.79 Å². The number of aromatic nitrogens is 1. The molecule has 5 heteroatoms. The highest BCUT2D eigenvalue weighted by atomic mass is 16.5. The first kappa shape index (κ1) is 15.8. The van der Waals surface area contributed by atoms with E-state index in [1.54, 1.807) is 21.0 Å². The van der Waals surface area contributed by atoms with Crippen molar-refractivity contribution in [1.82, 2.24) is 4.57 Å². The van der Waals surface area contributed by atoms with Crippen molar-refractivity contribution < 1.29 is 19.1 Å². The van der Waals surface area contributed by atoms with Crippen LogP contribution in [0, 0.1) is 6.92 Å². The Morgan fingerprint density at radius 3 is 2.32 bits per heavy atom. The molecule has 116 valence electrons. The Kier molecular flexibility index (Phi) is 4.65. The average Bonchev–Trinajstić information content (AvgIpc) is 2.85. The van der Waals surface area contributed by atoms with E-state index in [9.17, 15) is 9.59 Å². The molecule has 0 spiro atoms. The van der Waals surface area contributed by atoms with Crippen molar-refractivity contribution in [2.75, 3.05) is 13.7 Å². The maximum Gasteiger partial charge on any atom is 0.356 e. The lowest BCUT2D eigenvalue weighted by atomic mass is 10.1. The van der Waals surface area contributed by atoms with Gasteiger partial charge in [0.15, 0.2) is 0 Å². The molecule has 1 aromatic carbocycles. The molecular weight excluding hydrogens is 282 g/mol. The summed E-state index contributed by atoms with van der Waals surface area (Å²) < 4.78 is 11.6. The van der Waals surface area contributed by atoms with Crippen molar-refractivity contribution in [3.63, 3.8) is 0 Å². The van der Waals surface area contributed by atoms with Gasteiger partial charge in [0.2, 0.25) is 5.91 Å². The van der Waals surface area contributed by atoms with Crippen molar-refractivity contribution in [3.8, 4) is 16.9 Å². The largest absolute Gasteiger partial charge is 0.497 e. The number of rotatable bonds is 4. The Morgan fingerprint density at radius 2 is 1.82 bits per heavy atom. The molecular formula is C17H19NO4. The zero-order valence-electron chi connectivity index (χ0n) is 13.2. The number of nitrogens with zero attached hydrogens (tertiary/aromatic N) is 1. The third-order valence-electron chi connectivity index (χ3n) is 3.37. The Labute approximate surface area is 129 Å². The highest BCUT2D eigenvalue weighted by molar-refractivity contribution is 6.00. The summed E-state index contributed by atoms with van der Waals surface area (Å²) in [7, 11) is 1.59. The van der Waals surface area contributed by atoms with E-state index >= 15 is 0 Å². The van der Waals surface area contributed by atoms with Gasteiger partial charge in [-0.2, -0.15) is 0 Å². The summed E-state index contributed by atoms with van der Waals surface area (Å²) in [5.74, 6) is 0.00101. The van der Waals surface area contributed by atoms with Gasteiger partial charge in [-0.05, 0) is 37.6 Å². The smallest absolute Gasteiger partial charge is 0.356 e. The lowest BCUT2D eigenvalue weighted by Gasteiger charge is -2.09. The molecule has 2 rings (SSSR count). The molecule has 0 amide bonds. The maximum absolute atomic E-state index is 12.3. The van der Waals surface area contributed by atoms with Crippen molar-refractivity contribution >= 4 is 11.9 Å². The number of methoxy groups -OCH3 is 1. The molecule has 0 N–H and O–H groups in total. The predicted molar refractivity (Wildman–Crippen MR) is 83.4 cm³/mol. The summed E-state index contributed by atoms with van der Waals surface area (Å²) in [4.78, 5) is 24.2. The summed E-state index contributed by atoms with van der Waals surface area (Å²) in [6.45, 7) is 5.20. The second kappa shape index (κ2) is 6.47. The first-order valence-corrected chi connectivity index (χ1v) is 7.04. The highest BCUT2D eigenvalue weighted by Gasteiger charge is 2.23. The van der Waals surface area contributed by atoms with Crippen LogP contribution in [-0.4, -0.2) is 30.2 Å². The zero-order valence-corrected chi connectivity index (χ0v) is 13.2. The van der Waals surface area contributed by atoms with Crippen LogP contribution in [0.25, 0.3) is 11.1 Å². The molecule has 2 aromatic rings. The molecule has 5 nitrogen and oxygen atoms in total. The molecule has 0 unspecified atom stereocenters. The molecule has 1 aromatic heterocycles. The standard InChI is InChI=1S/C17H19NO4/c1-5-22-17(20)16-15(10-11(2)18(16)12(3)19)13-6-8-14(21-4)9-7-13/h6-10H,5H2,1-4H3. The van der Waals surface area contributed by atoms with Crippen LogP contribution < -0.4 is 4.74 Å². The van der Waals surface area contributed by atoms with Gasteiger partial charge in [0.25, 0.3) is 0 Å². The van der Waals surface area contributed by atoms with Gasteiger partial charge < -0.3 is 9.47 Å². The molecule has 0 atom stereocenters. The summed E-state index contributed by atoms with van der Waals surface area (Å²) in [5.41, 5.74) is 2.46. The van der Waals surface area contributed by atoms with E-state index in [2.05, 4.69) is 0 Å². The lowest BCUT2D eigenvalue weighted by Crippen LogP contribution is -2.18. The number of ether oxygens (including phenoxy) is 2. The van der Waals surface area contributed by atoms with E-state index in [1.165, 1.54) is 11.5 Å². The van der Waals surface area contributed by atoms with Crippen molar-refractivity contribution in [2.45, 2.75) is 20.8 Å². The summed E-state index contributed by atoms with van der Waals surface area (Å²) in [6.07, 6.45) is 0. The quantitative estimate of drug-likeness (QED) is 0.813. The topological polar surface area (TPSA) is 57.5 Å². The van der Waals surface area contributed by atoms with Gasteiger partial charge >= 0.3 is 5.97 Å². The molecule has 22 heavy (non-hydrogen) atoms. The fourth-order valence-electron chi connectivity index (χ4n) is 2.44. The number of carbonyl (C=O) groups excluding carboxylic acids is 2. The molecule has 0 aliphatic rings. The van der Waals surface area contributed by atoms with E-state index < -0.39 is 5.97 Å². The monoisotopic (exact) mass is 301 g/mol. The highest BCUT2D eigenvalue weighted by Crippen LogP contribution is 2.29. The van der Waals surface area contributed by atoms with Gasteiger partial charge in [-0.15, -0.1) is 0 Å². The van der Waals surface area contributed by atoms with Crippen molar-refractivity contribution in [2.24, 2.45) is 0 Å². The fourth-order valence-corrected chi connectivity index (χ4v) is 2.44. The van der Waals surface area contributed by atoms with E-state index in [4.69, 9.17) is 9.47 Å². The number of esters is 1. The lowest BCUT2D eigenvalue weighted by molar-refractivity contribution is 0.0509. The first-order valence-electron chi connectivity index (χ1n) is 7.04. The number of aryl methyl sites for hydroxylation is 1. The van der Waals surface area contributed by atoms with E-state index in [0.29, 0.717) is 11.3 Å². The molecule has 0 saturated carbocycles.